The Hall–Kier alpha value is -2.95. The minimum Gasteiger partial charge on any atom is -0.493 e. The van der Waals surface area contributed by atoms with E-state index in [4.69, 9.17) is 9.47 Å². The second kappa shape index (κ2) is 6.99. The molecular weight excluding hydrogens is 340 g/mol. The molecule has 0 radical (unpaired) electrons. The summed E-state index contributed by atoms with van der Waals surface area (Å²) in [5.74, 6) is 1.45. The molecular formula is C22H24N2O3. The number of carbonyl (C=O) groups is 1. The second-order valence-electron chi connectivity index (χ2n) is 7.06. The minimum atomic E-state index is 0.134. The first-order valence-electron chi connectivity index (χ1n) is 9.18. The zero-order chi connectivity index (χ0) is 19.0. The van der Waals surface area contributed by atoms with Crippen LogP contribution in [0.2, 0.25) is 0 Å². The topological polar surface area (TPSA) is 54.6 Å². The summed E-state index contributed by atoms with van der Waals surface area (Å²) >= 11 is 0. The summed E-state index contributed by atoms with van der Waals surface area (Å²) in [6.45, 7) is 3.50. The van der Waals surface area contributed by atoms with Crippen molar-refractivity contribution in [2.24, 2.45) is 0 Å². The standard InChI is InChI=1S/C22H24N2O3/c1-14-4-6-18-16(10-14)17-13-24(9-8-19(17)23-18)22(25)12-15-5-7-20(26-2)21(11-15)27-3/h4-7,10-11,23H,8-9,12-13H2,1-3H3. The van der Waals surface area contributed by atoms with Crippen LogP contribution in [0, 0.1) is 6.92 Å². The lowest BCUT2D eigenvalue weighted by Gasteiger charge is -2.27. The third-order valence-electron chi connectivity index (χ3n) is 5.29. The number of ether oxygens (including phenoxy) is 2. The van der Waals surface area contributed by atoms with Crippen LogP contribution in [0.15, 0.2) is 36.4 Å². The van der Waals surface area contributed by atoms with Crippen molar-refractivity contribution in [1.29, 1.82) is 0 Å². The summed E-state index contributed by atoms with van der Waals surface area (Å²) in [5.41, 5.74) is 5.82. The smallest absolute Gasteiger partial charge is 0.227 e. The SMILES string of the molecule is COc1ccc(CC(=O)N2CCc3[nH]c4ccc(C)cc4c3C2)cc1OC. The van der Waals surface area contributed by atoms with Gasteiger partial charge in [0, 0.05) is 41.7 Å². The molecule has 3 aromatic rings. The molecule has 140 valence electrons. The Morgan fingerprint density at radius 3 is 2.70 bits per heavy atom. The van der Waals surface area contributed by atoms with Crippen LogP contribution in [0.1, 0.15) is 22.4 Å². The monoisotopic (exact) mass is 364 g/mol. The number of hydrogen-bond donors (Lipinski definition) is 1. The highest BCUT2D eigenvalue weighted by molar-refractivity contribution is 5.87. The number of amides is 1. The van der Waals surface area contributed by atoms with Gasteiger partial charge in [0.15, 0.2) is 11.5 Å². The molecule has 0 unspecified atom stereocenters. The van der Waals surface area contributed by atoms with E-state index in [0.29, 0.717) is 24.5 Å². The van der Waals surface area contributed by atoms with Crippen molar-refractivity contribution in [2.45, 2.75) is 26.3 Å². The van der Waals surface area contributed by atoms with Gasteiger partial charge < -0.3 is 19.4 Å². The number of H-pyrrole nitrogens is 1. The van der Waals surface area contributed by atoms with Crippen molar-refractivity contribution in [3.63, 3.8) is 0 Å². The largest absolute Gasteiger partial charge is 0.493 e. The number of benzene rings is 2. The van der Waals surface area contributed by atoms with E-state index in [1.165, 1.54) is 22.2 Å². The average molecular weight is 364 g/mol. The Kier molecular flexibility index (Phi) is 4.52. The quantitative estimate of drug-likeness (QED) is 0.769. The third-order valence-corrected chi connectivity index (χ3v) is 5.29. The van der Waals surface area contributed by atoms with Gasteiger partial charge in [0.1, 0.15) is 0 Å². The number of hydrogen-bond acceptors (Lipinski definition) is 3. The average Bonchev–Trinajstić information content (AvgIpc) is 3.04. The molecule has 2 heterocycles. The van der Waals surface area contributed by atoms with Crippen molar-refractivity contribution in [3.8, 4) is 11.5 Å². The first kappa shape index (κ1) is 17.5. The molecule has 2 aromatic carbocycles. The van der Waals surface area contributed by atoms with Gasteiger partial charge in [-0.15, -0.1) is 0 Å². The van der Waals surface area contributed by atoms with E-state index >= 15 is 0 Å². The number of carbonyl (C=O) groups excluding carboxylic acids is 1. The lowest BCUT2D eigenvalue weighted by Crippen LogP contribution is -2.36. The fourth-order valence-electron chi connectivity index (χ4n) is 3.82. The Bertz CT molecular complexity index is 1010. The molecule has 1 aliphatic heterocycles. The lowest BCUT2D eigenvalue weighted by atomic mass is 10.0. The first-order valence-corrected chi connectivity index (χ1v) is 9.18. The van der Waals surface area contributed by atoms with Crippen LogP contribution in [0.3, 0.4) is 0 Å². The van der Waals surface area contributed by atoms with Gasteiger partial charge in [-0.25, -0.2) is 0 Å². The maximum Gasteiger partial charge on any atom is 0.227 e. The maximum atomic E-state index is 12.9. The Balaban J connectivity index is 1.54. The molecule has 1 aromatic heterocycles. The van der Waals surface area contributed by atoms with Gasteiger partial charge in [0.25, 0.3) is 0 Å². The molecule has 0 atom stereocenters. The van der Waals surface area contributed by atoms with Gasteiger partial charge in [-0.1, -0.05) is 17.7 Å². The van der Waals surface area contributed by atoms with E-state index < -0.39 is 0 Å². The molecule has 0 saturated carbocycles. The van der Waals surface area contributed by atoms with Crippen LogP contribution >= 0.6 is 0 Å². The molecule has 27 heavy (non-hydrogen) atoms. The van der Waals surface area contributed by atoms with Crippen molar-refractivity contribution in [2.75, 3.05) is 20.8 Å². The van der Waals surface area contributed by atoms with Gasteiger partial charge in [0.2, 0.25) is 5.91 Å². The van der Waals surface area contributed by atoms with Gasteiger partial charge in [0.05, 0.1) is 20.6 Å². The maximum absolute atomic E-state index is 12.9. The molecule has 0 spiro atoms. The molecule has 0 saturated heterocycles. The molecule has 5 heteroatoms. The van der Waals surface area contributed by atoms with E-state index in [1.807, 2.05) is 23.1 Å². The second-order valence-corrected chi connectivity index (χ2v) is 7.06. The van der Waals surface area contributed by atoms with Crippen LogP contribution in [-0.4, -0.2) is 36.6 Å². The number of aryl methyl sites for hydroxylation is 1. The van der Waals surface area contributed by atoms with E-state index in [1.54, 1.807) is 14.2 Å². The summed E-state index contributed by atoms with van der Waals surface area (Å²) in [4.78, 5) is 18.4. The van der Waals surface area contributed by atoms with E-state index in [2.05, 4.69) is 30.1 Å². The predicted molar refractivity (Wildman–Crippen MR) is 105 cm³/mol. The molecule has 4 rings (SSSR count). The lowest BCUT2D eigenvalue weighted by molar-refractivity contribution is -0.131. The number of aromatic nitrogens is 1. The van der Waals surface area contributed by atoms with Gasteiger partial charge in [-0.2, -0.15) is 0 Å². The van der Waals surface area contributed by atoms with Crippen molar-refractivity contribution in [3.05, 3.63) is 58.8 Å². The summed E-state index contributed by atoms with van der Waals surface area (Å²) < 4.78 is 10.6. The zero-order valence-corrected chi connectivity index (χ0v) is 16.0. The molecule has 1 amide bonds. The fourth-order valence-corrected chi connectivity index (χ4v) is 3.82. The highest BCUT2D eigenvalue weighted by Gasteiger charge is 2.24. The molecule has 0 fully saturated rings. The summed E-state index contributed by atoms with van der Waals surface area (Å²) in [6.07, 6.45) is 1.22. The number of aromatic amines is 1. The van der Waals surface area contributed by atoms with Crippen LogP contribution in [0.4, 0.5) is 0 Å². The number of rotatable bonds is 4. The fraction of sp³-hybridized carbons (Fsp3) is 0.318. The molecule has 1 aliphatic rings. The van der Waals surface area contributed by atoms with Gasteiger partial charge in [-0.05, 0) is 36.8 Å². The molecule has 0 bridgehead atoms. The van der Waals surface area contributed by atoms with Crippen molar-refractivity contribution < 1.29 is 14.3 Å². The van der Waals surface area contributed by atoms with E-state index in [0.717, 1.165) is 24.0 Å². The Morgan fingerprint density at radius 2 is 1.93 bits per heavy atom. The Morgan fingerprint density at radius 1 is 1.11 bits per heavy atom. The van der Waals surface area contributed by atoms with Crippen LogP contribution in [0.5, 0.6) is 11.5 Å². The van der Waals surface area contributed by atoms with Gasteiger partial charge >= 0.3 is 0 Å². The van der Waals surface area contributed by atoms with Crippen molar-refractivity contribution >= 4 is 16.8 Å². The summed E-state index contributed by atoms with van der Waals surface area (Å²) in [6, 6.07) is 12.1. The number of nitrogens with one attached hydrogen (secondary N) is 1. The summed E-state index contributed by atoms with van der Waals surface area (Å²) in [7, 11) is 3.21. The Labute approximate surface area is 158 Å². The van der Waals surface area contributed by atoms with Crippen LogP contribution in [0.25, 0.3) is 10.9 Å². The van der Waals surface area contributed by atoms with Crippen molar-refractivity contribution in [1.82, 2.24) is 9.88 Å². The van der Waals surface area contributed by atoms with Gasteiger partial charge in [-0.3, -0.25) is 4.79 Å². The highest BCUT2D eigenvalue weighted by Crippen LogP contribution is 2.30. The normalized spacial score (nSPS) is 13.5. The number of methoxy groups -OCH3 is 2. The molecule has 5 nitrogen and oxygen atoms in total. The van der Waals surface area contributed by atoms with Crippen LogP contribution < -0.4 is 9.47 Å². The first-order chi connectivity index (χ1) is 13.1. The zero-order valence-electron chi connectivity index (χ0n) is 16.0. The molecule has 1 N–H and O–H groups in total. The minimum absolute atomic E-state index is 0.134. The highest BCUT2D eigenvalue weighted by atomic mass is 16.5. The number of nitrogens with zero attached hydrogens (tertiary/aromatic N) is 1. The molecule has 0 aliphatic carbocycles. The number of fused-ring (bicyclic) bond motifs is 3. The third kappa shape index (κ3) is 3.25. The predicted octanol–water partition coefficient (Wildman–Crippen LogP) is 3.62. The van der Waals surface area contributed by atoms with E-state index in [9.17, 15) is 4.79 Å². The summed E-state index contributed by atoms with van der Waals surface area (Å²) in [5, 5.41) is 1.23. The van der Waals surface area contributed by atoms with Crippen LogP contribution in [-0.2, 0) is 24.2 Å². The van der Waals surface area contributed by atoms with E-state index in [-0.39, 0.29) is 5.91 Å².